The Labute approximate surface area is 162 Å². The molecule has 7 heteroatoms. The third kappa shape index (κ3) is 4.76. The molecule has 1 fully saturated rings. The van der Waals surface area contributed by atoms with Gasteiger partial charge in [-0.15, -0.1) is 0 Å². The SMILES string of the molecule is CCCCCCOc1cc([C@H](N2CCC(=O)N2)C(F)(F)F)cc2ccccc12. The average Bonchev–Trinajstić information content (AvgIpc) is 3.06. The Morgan fingerprint density at radius 3 is 2.64 bits per heavy atom. The summed E-state index contributed by atoms with van der Waals surface area (Å²) in [5, 5.41) is 2.44. The van der Waals surface area contributed by atoms with Gasteiger partial charge in [-0.25, -0.2) is 5.01 Å². The molecule has 0 radical (unpaired) electrons. The van der Waals surface area contributed by atoms with E-state index in [0.717, 1.165) is 36.1 Å². The molecule has 0 spiro atoms. The molecule has 1 aliphatic rings. The normalized spacial score (nSPS) is 16.4. The summed E-state index contributed by atoms with van der Waals surface area (Å²) in [6, 6.07) is 8.34. The molecular weight excluding hydrogens is 369 g/mol. The maximum Gasteiger partial charge on any atom is 0.409 e. The monoisotopic (exact) mass is 394 g/mol. The van der Waals surface area contributed by atoms with Crippen LogP contribution in [0.5, 0.6) is 5.75 Å². The summed E-state index contributed by atoms with van der Waals surface area (Å²) in [4.78, 5) is 11.5. The molecular formula is C21H25F3N2O2. The molecule has 0 unspecified atom stereocenters. The van der Waals surface area contributed by atoms with Gasteiger partial charge in [0, 0.05) is 18.4 Å². The largest absolute Gasteiger partial charge is 0.493 e. The van der Waals surface area contributed by atoms with Gasteiger partial charge in [-0.2, -0.15) is 13.2 Å². The number of nitrogens with zero attached hydrogens (tertiary/aromatic N) is 1. The molecule has 0 saturated carbocycles. The quantitative estimate of drug-likeness (QED) is 0.631. The second-order valence-corrected chi connectivity index (χ2v) is 7.07. The first kappa shape index (κ1) is 20.5. The predicted molar refractivity (Wildman–Crippen MR) is 102 cm³/mol. The van der Waals surface area contributed by atoms with Gasteiger partial charge in [0.2, 0.25) is 5.91 Å². The number of carbonyl (C=O) groups is 1. The first-order chi connectivity index (χ1) is 13.4. The van der Waals surface area contributed by atoms with E-state index < -0.39 is 18.1 Å². The third-order valence-corrected chi connectivity index (χ3v) is 4.89. The molecule has 3 rings (SSSR count). The van der Waals surface area contributed by atoms with Crippen molar-refractivity contribution in [3.8, 4) is 5.75 Å². The lowest BCUT2D eigenvalue weighted by atomic mass is 10.00. The van der Waals surface area contributed by atoms with Crippen molar-refractivity contribution in [2.24, 2.45) is 0 Å². The second kappa shape index (κ2) is 8.82. The Morgan fingerprint density at radius 1 is 1.18 bits per heavy atom. The van der Waals surface area contributed by atoms with Crippen molar-refractivity contribution in [3.63, 3.8) is 0 Å². The van der Waals surface area contributed by atoms with Crippen molar-refractivity contribution in [1.29, 1.82) is 0 Å². The summed E-state index contributed by atoms with van der Waals surface area (Å²) in [6.45, 7) is 2.60. The first-order valence-corrected chi connectivity index (χ1v) is 9.68. The fraction of sp³-hybridized carbons (Fsp3) is 0.476. The molecule has 0 aromatic heterocycles. The number of rotatable bonds is 8. The highest BCUT2D eigenvalue weighted by Gasteiger charge is 2.47. The Morgan fingerprint density at radius 2 is 1.96 bits per heavy atom. The lowest BCUT2D eigenvalue weighted by Gasteiger charge is -2.29. The maximum atomic E-state index is 13.9. The van der Waals surface area contributed by atoms with E-state index in [4.69, 9.17) is 4.74 Å². The zero-order valence-corrected chi connectivity index (χ0v) is 15.9. The van der Waals surface area contributed by atoms with Gasteiger partial charge >= 0.3 is 6.18 Å². The molecule has 2 aromatic rings. The van der Waals surface area contributed by atoms with Crippen LogP contribution in [0.3, 0.4) is 0 Å². The molecule has 1 atom stereocenters. The highest BCUT2D eigenvalue weighted by atomic mass is 19.4. The number of hydrogen-bond acceptors (Lipinski definition) is 3. The molecule has 2 aromatic carbocycles. The van der Waals surface area contributed by atoms with Crippen LogP contribution in [0.25, 0.3) is 10.8 Å². The number of amides is 1. The van der Waals surface area contributed by atoms with Gasteiger partial charge in [0.25, 0.3) is 0 Å². The van der Waals surface area contributed by atoms with E-state index in [-0.39, 0.29) is 18.5 Å². The van der Waals surface area contributed by atoms with Crippen molar-refractivity contribution in [3.05, 3.63) is 42.0 Å². The number of fused-ring (bicyclic) bond motifs is 1. The van der Waals surface area contributed by atoms with E-state index in [1.54, 1.807) is 12.1 Å². The van der Waals surface area contributed by atoms with Gasteiger partial charge < -0.3 is 4.74 Å². The Balaban J connectivity index is 1.93. The van der Waals surface area contributed by atoms with Gasteiger partial charge in [0.15, 0.2) is 0 Å². The minimum absolute atomic E-state index is 0.0169. The molecule has 28 heavy (non-hydrogen) atoms. The van der Waals surface area contributed by atoms with Crippen molar-refractivity contribution < 1.29 is 22.7 Å². The number of hydrazine groups is 1. The van der Waals surface area contributed by atoms with Gasteiger partial charge in [-0.05, 0) is 29.5 Å². The fourth-order valence-corrected chi connectivity index (χ4v) is 3.52. The van der Waals surface area contributed by atoms with Crippen LogP contribution in [0.15, 0.2) is 36.4 Å². The van der Waals surface area contributed by atoms with Crippen LogP contribution >= 0.6 is 0 Å². The molecule has 4 nitrogen and oxygen atoms in total. The van der Waals surface area contributed by atoms with Gasteiger partial charge in [0.05, 0.1) is 6.61 Å². The Bertz CT molecular complexity index is 823. The van der Waals surface area contributed by atoms with Crippen LogP contribution in [-0.2, 0) is 4.79 Å². The number of ether oxygens (including phenoxy) is 1. The maximum absolute atomic E-state index is 13.9. The lowest BCUT2D eigenvalue weighted by Crippen LogP contribution is -2.43. The number of unbranched alkanes of at least 4 members (excludes halogenated alkanes) is 3. The van der Waals surface area contributed by atoms with E-state index in [9.17, 15) is 18.0 Å². The van der Waals surface area contributed by atoms with Crippen LogP contribution in [0, 0.1) is 0 Å². The van der Waals surface area contributed by atoms with E-state index in [2.05, 4.69) is 12.3 Å². The number of hydrogen-bond donors (Lipinski definition) is 1. The first-order valence-electron chi connectivity index (χ1n) is 9.68. The molecule has 0 bridgehead atoms. The summed E-state index contributed by atoms with van der Waals surface area (Å²) in [7, 11) is 0. The summed E-state index contributed by atoms with van der Waals surface area (Å²) in [5.41, 5.74) is 2.39. The summed E-state index contributed by atoms with van der Waals surface area (Å²) in [6.07, 6.45) is -0.377. The van der Waals surface area contributed by atoms with Crippen molar-refractivity contribution in [1.82, 2.24) is 10.4 Å². The van der Waals surface area contributed by atoms with Crippen molar-refractivity contribution in [2.45, 2.75) is 51.2 Å². The number of carbonyl (C=O) groups excluding carboxylic acids is 1. The molecule has 0 aliphatic carbocycles. The second-order valence-electron chi connectivity index (χ2n) is 7.07. The molecule has 1 heterocycles. The third-order valence-electron chi connectivity index (χ3n) is 4.89. The predicted octanol–water partition coefficient (Wildman–Crippen LogP) is 5.14. The number of halogens is 3. The van der Waals surface area contributed by atoms with E-state index in [1.807, 2.05) is 12.1 Å². The van der Waals surface area contributed by atoms with E-state index >= 15 is 0 Å². The average molecular weight is 394 g/mol. The summed E-state index contributed by atoms with van der Waals surface area (Å²) in [5.74, 6) is 0.0480. The number of alkyl halides is 3. The molecule has 1 saturated heterocycles. The van der Waals surface area contributed by atoms with Crippen LogP contribution < -0.4 is 10.2 Å². The van der Waals surface area contributed by atoms with Gasteiger partial charge in [-0.3, -0.25) is 10.2 Å². The molecule has 1 N–H and O–H groups in total. The van der Waals surface area contributed by atoms with Crippen LogP contribution in [0.2, 0.25) is 0 Å². The Kier molecular flexibility index (Phi) is 6.44. The van der Waals surface area contributed by atoms with Crippen molar-refractivity contribution >= 4 is 16.7 Å². The van der Waals surface area contributed by atoms with E-state index in [0.29, 0.717) is 17.7 Å². The number of nitrogens with one attached hydrogen (secondary N) is 1. The number of benzene rings is 2. The van der Waals surface area contributed by atoms with E-state index in [1.165, 1.54) is 12.1 Å². The smallest absolute Gasteiger partial charge is 0.409 e. The highest BCUT2D eigenvalue weighted by molar-refractivity contribution is 5.89. The minimum Gasteiger partial charge on any atom is -0.493 e. The topological polar surface area (TPSA) is 41.6 Å². The lowest BCUT2D eigenvalue weighted by molar-refractivity contribution is -0.191. The summed E-state index contributed by atoms with van der Waals surface area (Å²) >= 11 is 0. The molecule has 152 valence electrons. The zero-order valence-electron chi connectivity index (χ0n) is 15.9. The molecule has 1 aliphatic heterocycles. The van der Waals surface area contributed by atoms with Crippen molar-refractivity contribution in [2.75, 3.05) is 13.2 Å². The summed E-state index contributed by atoms with van der Waals surface area (Å²) < 4.78 is 47.5. The van der Waals surface area contributed by atoms with Crippen LogP contribution in [0.1, 0.15) is 50.6 Å². The van der Waals surface area contributed by atoms with Crippen LogP contribution in [-0.4, -0.2) is 30.2 Å². The highest BCUT2D eigenvalue weighted by Crippen LogP contribution is 2.41. The van der Waals surface area contributed by atoms with Crippen LogP contribution in [0.4, 0.5) is 13.2 Å². The fourth-order valence-electron chi connectivity index (χ4n) is 3.52. The van der Waals surface area contributed by atoms with Gasteiger partial charge in [0.1, 0.15) is 11.8 Å². The standard InChI is InChI=1S/C21H25F3N2O2/c1-2-3-4-7-12-28-18-14-16(13-15-8-5-6-9-17(15)18)20(21(22,23)24)26-11-10-19(27)25-26/h5-6,8-9,13-14,20H,2-4,7,10-12H2,1H3,(H,25,27)/t20-/m0/s1. The van der Waals surface area contributed by atoms with Gasteiger partial charge in [-0.1, -0.05) is 50.5 Å². The minimum atomic E-state index is -4.53. The molecule has 1 amide bonds. The zero-order chi connectivity index (χ0) is 20.1. The Hall–Kier alpha value is -2.28.